The van der Waals surface area contributed by atoms with Gasteiger partial charge < -0.3 is 64.2 Å². The van der Waals surface area contributed by atoms with Crippen LogP contribution < -0.4 is 43.8 Å². The number of nitrogens with one attached hydrogen (secondary N) is 5. The second-order valence-corrected chi connectivity index (χ2v) is 20.9. The SMILES string of the molecule is CCCCCCCCCCCCCCCC(=O)N[C@H](C(=O)C[C@@H](CC(N)=O)C(=O)N[C@@H](C)C(=O)CCC(=O)N[C@@H](CCCN=C(N)N)C(=O)C[C@@H](CO)C(=O)N[C@@H](CC(=O)O)C(=O)C[C@H](C(=O)N[C@@H](C)C(=O)CC)[C@@H](C)O)[C@@H](C)O. The Kier molecular flexibility index (Phi) is 38.5. The summed E-state index contributed by atoms with van der Waals surface area (Å²) in [6, 6.07) is -6.80. The van der Waals surface area contributed by atoms with Gasteiger partial charge in [-0.25, -0.2) is 0 Å². The van der Waals surface area contributed by atoms with Gasteiger partial charge >= 0.3 is 5.97 Å². The number of aliphatic imine (C=N–C) groups is 1. The lowest BCUT2D eigenvalue weighted by Crippen LogP contribution is -2.50. The summed E-state index contributed by atoms with van der Waals surface area (Å²) < 4.78 is 0. The molecule has 0 aromatic carbocycles. The van der Waals surface area contributed by atoms with Gasteiger partial charge in [0.05, 0.1) is 67.2 Å². The number of ketones is 5. The van der Waals surface area contributed by atoms with Gasteiger partial charge in [0.2, 0.25) is 35.4 Å². The van der Waals surface area contributed by atoms with Gasteiger partial charge in [0.1, 0.15) is 6.04 Å². The van der Waals surface area contributed by atoms with Crippen molar-refractivity contribution in [2.24, 2.45) is 39.9 Å². The molecule has 25 heteroatoms. The number of carboxylic acids is 1. The van der Waals surface area contributed by atoms with E-state index in [1.54, 1.807) is 6.92 Å². The van der Waals surface area contributed by atoms with Crippen LogP contribution in [0.2, 0.25) is 0 Å². The molecule has 0 aliphatic rings. The lowest BCUT2D eigenvalue weighted by molar-refractivity contribution is -0.142. The maximum absolute atomic E-state index is 13.7. The summed E-state index contributed by atoms with van der Waals surface area (Å²) >= 11 is 0. The monoisotopic (exact) mass is 1140 g/mol. The number of amides is 6. The molecule has 15 N–H and O–H groups in total. The number of rotatable bonds is 48. The van der Waals surface area contributed by atoms with Crippen molar-refractivity contribution in [3.05, 3.63) is 0 Å². The molecule has 0 saturated carbocycles. The summed E-state index contributed by atoms with van der Waals surface area (Å²) in [6.07, 6.45) is 7.15. The van der Waals surface area contributed by atoms with Crippen LogP contribution in [0.15, 0.2) is 4.99 Å². The highest BCUT2D eigenvalue weighted by molar-refractivity contribution is 5.99. The van der Waals surface area contributed by atoms with Gasteiger partial charge in [0.15, 0.2) is 34.9 Å². The van der Waals surface area contributed by atoms with Crippen molar-refractivity contribution < 1.29 is 78.0 Å². The normalized spacial score (nSPS) is 14.9. The Balaban J connectivity index is 5.73. The number of aliphatic hydroxyl groups excluding tert-OH is 3. The Hall–Kier alpha value is -6.21. The molecule has 0 rings (SSSR count). The molecule has 456 valence electrons. The average molecular weight is 1140 g/mol. The van der Waals surface area contributed by atoms with Crippen molar-refractivity contribution in [1.82, 2.24) is 26.6 Å². The molecule has 25 nitrogen and oxygen atoms in total. The van der Waals surface area contributed by atoms with Crippen LogP contribution in [0.5, 0.6) is 0 Å². The molecule has 0 aromatic heterocycles. The Morgan fingerprint density at radius 1 is 0.475 bits per heavy atom. The molecule has 80 heavy (non-hydrogen) atoms. The molecule has 0 radical (unpaired) electrons. The third-order valence-electron chi connectivity index (χ3n) is 13.7. The van der Waals surface area contributed by atoms with Crippen molar-refractivity contribution in [3.8, 4) is 0 Å². The fourth-order valence-corrected chi connectivity index (χ4v) is 8.72. The fraction of sp³-hybridized carbons (Fsp3) is 0.764. The largest absolute Gasteiger partial charge is 0.481 e. The number of nitrogens with zero attached hydrogens (tertiary/aromatic N) is 1. The molecule has 0 unspecified atom stereocenters. The number of guanidine groups is 1. The summed E-state index contributed by atoms with van der Waals surface area (Å²) in [5.74, 6) is -15.0. The van der Waals surface area contributed by atoms with Crippen LogP contribution in [0.4, 0.5) is 0 Å². The van der Waals surface area contributed by atoms with Crippen LogP contribution in [-0.2, 0) is 57.5 Å². The molecular formula is C55H95N9O16. The van der Waals surface area contributed by atoms with E-state index >= 15 is 0 Å². The Morgan fingerprint density at radius 2 is 0.975 bits per heavy atom. The molecule has 0 spiro atoms. The number of carbonyl (C=O) groups excluding carboxylic acids is 11. The van der Waals surface area contributed by atoms with Crippen molar-refractivity contribution in [2.45, 2.75) is 238 Å². The Bertz CT molecular complexity index is 2050. The highest BCUT2D eigenvalue weighted by Crippen LogP contribution is 2.18. The molecule has 0 fully saturated rings. The van der Waals surface area contributed by atoms with Gasteiger partial charge in [0, 0.05) is 57.9 Å². The van der Waals surface area contributed by atoms with Crippen molar-refractivity contribution in [2.75, 3.05) is 13.2 Å². The average Bonchev–Trinajstić information content (AvgIpc) is 3.38. The number of unbranched alkanes of at least 4 members (excludes halogenated alkanes) is 12. The van der Waals surface area contributed by atoms with Gasteiger partial charge in [-0.1, -0.05) is 90.9 Å². The zero-order valence-electron chi connectivity index (χ0n) is 48.0. The minimum Gasteiger partial charge on any atom is -0.481 e. The lowest BCUT2D eigenvalue weighted by atomic mass is 9.91. The molecule has 0 aromatic rings. The van der Waals surface area contributed by atoms with Crippen molar-refractivity contribution in [3.63, 3.8) is 0 Å². The summed E-state index contributed by atoms with van der Waals surface area (Å²) in [4.78, 5) is 159. The van der Waals surface area contributed by atoms with E-state index in [9.17, 15) is 78.0 Å². The van der Waals surface area contributed by atoms with Crippen LogP contribution in [0.25, 0.3) is 0 Å². The third-order valence-corrected chi connectivity index (χ3v) is 13.7. The fourth-order valence-electron chi connectivity index (χ4n) is 8.72. The number of nitrogens with two attached hydrogens (primary N) is 3. The number of aliphatic hydroxyl groups is 3. The summed E-state index contributed by atoms with van der Waals surface area (Å²) in [7, 11) is 0. The zero-order valence-corrected chi connectivity index (χ0v) is 48.0. The molecule has 6 amide bonds. The smallest absolute Gasteiger partial charge is 0.305 e. The predicted octanol–water partition coefficient (Wildman–Crippen LogP) is 1.14. The van der Waals surface area contributed by atoms with Crippen LogP contribution >= 0.6 is 0 Å². The van der Waals surface area contributed by atoms with Gasteiger partial charge in [-0.2, -0.15) is 0 Å². The van der Waals surface area contributed by atoms with E-state index in [0.717, 1.165) is 25.7 Å². The molecule has 10 atom stereocenters. The third kappa shape index (κ3) is 32.8. The van der Waals surface area contributed by atoms with Crippen molar-refractivity contribution >= 4 is 76.3 Å². The number of hydrogen-bond donors (Lipinski definition) is 12. The maximum atomic E-state index is 13.7. The summed E-state index contributed by atoms with van der Waals surface area (Å²) in [6.45, 7) is 7.97. The number of carbonyl (C=O) groups is 12. The van der Waals surface area contributed by atoms with Crippen LogP contribution in [-0.4, -0.2) is 152 Å². The quantitative estimate of drug-likeness (QED) is 0.0231. The minimum atomic E-state index is -1.80. The van der Waals surface area contributed by atoms with Gasteiger partial charge in [0.25, 0.3) is 0 Å². The van der Waals surface area contributed by atoms with E-state index in [-0.39, 0.29) is 44.0 Å². The molecule has 0 heterocycles. The zero-order chi connectivity index (χ0) is 60.9. The molecule has 0 bridgehead atoms. The topological polar surface area (TPSA) is 436 Å². The minimum absolute atomic E-state index is 0.00389. The van der Waals surface area contributed by atoms with Crippen molar-refractivity contribution in [1.29, 1.82) is 0 Å². The Morgan fingerprint density at radius 3 is 1.48 bits per heavy atom. The predicted molar refractivity (Wildman–Crippen MR) is 297 cm³/mol. The first-order chi connectivity index (χ1) is 37.7. The van der Waals surface area contributed by atoms with E-state index in [2.05, 4.69) is 38.5 Å². The number of hydrogen-bond acceptors (Lipinski definition) is 16. The van der Waals surface area contributed by atoms with Crippen LogP contribution in [0, 0.1) is 17.8 Å². The Labute approximate surface area is 470 Å². The standard InChI is InChI=1S/C55H95N9O16/c1-7-9-10-11-12-13-14-15-16-17-18-19-20-23-48(74)64-51(36(6)67)46(72)27-37(29-47(56)73)52(78)60-34(4)43(69)24-25-49(75)62-40(22-21-26-59-55(57)58)44(70)28-38(32-65)53(79)63-41(31-50(76)77)45(71)30-39(35(5)66)54(80)61-33(3)42(68)8-2/h33-41,51,65-67H,7-32H2,1-6H3,(H2,56,73)(H,60,78)(H,61,80)(H,62,75)(H,63,79)(H,64,74)(H,76,77)(H4,57,58,59)/t33-,34-,35+,36+,37-,38-,39-,40-,41-,51-/m0/s1. The van der Waals surface area contributed by atoms with E-state index in [4.69, 9.17) is 17.2 Å². The molecule has 0 saturated heterocycles. The first-order valence-corrected chi connectivity index (χ1v) is 28.3. The van der Waals surface area contributed by atoms with E-state index < -0.39 is 176 Å². The summed E-state index contributed by atoms with van der Waals surface area (Å²) in [5, 5.41) is 52.6. The second kappa shape index (κ2) is 41.8. The highest BCUT2D eigenvalue weighted by Gasteiger charge is 2.36. The number of carboxylic acid groups (broad SMARTS) is 1. The lowest BCUT2D eigenvalue weighted by Gasteiger charge is -2.25. The van der Waals surface area contributed by atoms with Crippen LogP contribution in [0.3, 0.4) is 0 Å². The molecule has 0 aliphatic carbocycles. The molecule has 0 aliphatic heterocycles. The number of Topliss-reactive ketones (excluding diaryl/α,β-unsaturated/α-hetero) is 5. The van der Waals surface area contributed by atoms with E-state index in [1.807, 2.05) is 0 Å². The first kappa shape index (κ1) is 73.8. The summed E-state index contributed by atoms with van der Waals surface area (Å²) in [5.41, 5.74) is 16.2. The van der Waals surface area contributed by atoms with Gasteiger partial charge in [-0.15, -0.1) is 0 Å². The van der Waals surface area contributed by atoms with E-state index in [1.165, 1.54) is 79.1 Å². The number of aliphatic carboxylic acids is 1. The van der Waals surface area contributed by atoms with Gasteiger partial charge in [-0.05, 0) is 47.0 Å². The first-order valence-electron chi connectivity index (χ1n) is 28.3. The second-order valence-electron chi connectivity index (χ2n) is 20.9. The van der Waals surface area contributed by atoms with Gasteiger partial charge in [-0.3, -0.25) is 62.5 Å². The van der Waals surface area contributed by atoms with E-state index in [0.29, 0.717) is 6.42 Å². The van der Waals surface area contributed by atoms with Crippen LogP contribution in [0.1, 0.15) is 196 Å². The molecular weight excluding hydrogens is 1040 g/mol. The maximum Gasteiger partial charge on any atom is 0.305 e. The highest BCUT2D eigenvalue weighted by atomic mass is 16.4. The number of primary amides is 1.